The Hall–Kier alpha value is -1.80. The van der Waals surface area contributed by atoms with Crippen LogP contribution in [0, 0.1) is 0 Å². The summed E-state index contributed by atoms with van der Waals surface area (Å²) in [6.45, 7) is 2.65. The maximum atomic E-state index is 11.7. The lowest BCUT2D eigenvalue weighted by Gasteiger charge is -2.26. The molecule has 114 valence electrons. The van der Waals surface area contributed by atoms with Crippen LogP contribution in [-0.2, 0) is 19.2 Å². The van der Waals surface area contributed by atoms with E-state index in [0.717, 1.165) is 6.42 Å². The number of nitrogens with one attached hydrogen (secondary N) is 2. The first-order chi connectivity index (χ1) is 10.0. The molecule has 0 aromatic heterocycles. The molecule has 0 aliphatic carbocycles. The summed E-state index contributed by atoms with van der Waals surface area (Å²) < 4.78 is 0. The number of hydrogen-bond acceptors (Lipinski definition) is 6. The van der Waals surface area contributed by atoms with Gasteiger partial charge in [0.1, 0.15) is 0 Å². The fraction of sp³-hybridized carbons (Fsp3) is 0.692. The van der Waals surface area contributed by atoms with Crippen LogP contribution in [0.25, 0.3) is 0 Å². The van der Waals surface area contributed by atoms with Crippen molar-refractivity contribution in [1.29, 1.82) is 0 Å². The van der Waals surface area contributed by atoms with E-state index < -0.39 is 12.1 Å². The predicted octanol–water partition coefficient (Wildman–Crippen LogP) is -2.18. The fourth-order valence-corrected chi connectivity index (χ4v) is 3.25. The Balaban J connectivity index is 1.62. The molecule has 8 heteroatoms. The van der Waals surface area contributed by atoms with Crippen LogP contribution in [0.1, 0.15) is 19.3 Å². The largest absolute Gasteiger partial charge is 0.295 e. The van der Waals surface area contributed by atoms with Crippen LogP contribution in [0.4, 0.5) is 0 Å². The molecule has 3 rings (SSSR count). The summed E-state index contributed by atoms with van der Waals surface area (Å²) in [5.41, 5.74) is 0. The Bertz CT molecular complexity index is 462. The van der Waals surface area contributed by atoms with Crippen LogP contribution in [0.5, 0.6) is 0 Å². The molecule has 0 aromatic carbocycles. The first-order valence-corrected chi connectivity index (χ1v) is 7.20. The van der Waals surface area contributed by atoms with Crippen LogP contribution < -0.4 is 10.6 Å². The van der Waals surface area contributed by atoms with Gasteiger partial charge in [-0.05, 0) is 6.42 Å². The molecule has 0 spiro atoms. The van der Waals surface area contributed by atoms with Gasteiger partial charge in [-0.25, -0.2) is 0 Å². The number of carbonyl (C=O) groups is 4. The van der Waals surface area contributed by atoms with Crippen molar-refractivity contribution in [3.63, 3.8) is 0 Å². The minimum atomic E-state index is -0.392. The zero-order valence-corrected chi connectivity index (χ0v) is 11.6. The summed E-state index contributed by atoms with van der Waals surface area (Å²) in [5.74, 6) is -0.928. The van der Waals surface area contributed by atoms with Gasteiger partial charge in [0.15, 0.2) is 0 Å². The van der Waals surface area contributed by atoms with Gasteiger partial charge < -0.3 is 0 Å². The van der Waals surface area contributed by atoms with Gasteiger partial charge in [0.25, 0.3) is 0 Å². The zero-order chi connectivity index (χ0) is 15.0. The van der Waals surface area contributed by atoms with Gasteiger partial charge in [-0.15, -0.1) is 0 Å². The number of nitrogens with zero attached hydrogens (tertiary/aromatic N) is 2. The van der Waals surface area contributed by atoms with Crippen molar-refractivity contribution >= 4 is 23.6 Å². The van der Waals surface area contributed by atoms with Crippen molar-refractivity contribution in [2.45, 2.75) is 31.3 Å². The van der Waals surface area contributed by atoms with E-state index in [1.54, 1.807) is 0 Å². The molecule has 3 fully saturated rings. The maximum absolute atomic E-state index is 11.7. The van der Waals surface area contributed by atoms with Crippen molar-refractivity contribution in [2.75, 3.05) is 26.2 Å². The first kappa shape index (κ1) is 14.2. The van der Waals surface area contributed by atoms with E-state index in [1.807, 2.05) is 9.80 Å². The molecule has 0 saturated carbocycles. The van der Waals surface area contributed by atoms with Crippen LogP contribution in [0.3, 0.4) is 0 Å². The second kappa shape index (κ2) is 5.53. The summed E-state index contributed by atoms with van der Waals surface area (Å²) >= 11 is 0. The van der Waals surface area contributed by atoms with Crippen molar-refractivity contribution in [3.8, 4) is 0 Å². The quantitative estimate of drug-likeness (QED) is 0.562. The lowest BCUT2D eigenvalue weighted by Crippen LogP contribution is -2.45. The Morgan fingerprint density at radius 3 is 1.48 bits per heavy atom. The van der Waals surface area contributed by atoms with E-state index >= 15 is 0 Å². The van der Waals surface area contributed by atoms with Crippen LogP contribution >= 0.6 is 0 Å². The lowest BCUT2D eigenvalue weighted by molar-refractivity contribution is -0.128. The van der Waals surface area contributed by atoms with E-state index in [2.05, 4.69) is 10.6 Å². The molecule has 0 aromatic rings. The topological polar surface area (TPSA) is 98.8 Å². The van der Waals surface area contributed by atoms with E-state index in [4.69, 9.17) is 0 Å². The molecule has 2 atom stereocenters. The number of rotatable bonds is 2. The molecule has 3 heterocycles. The lowest BCUT2D eigenvalue weighted by atomic mass is 10.2. The summed E-state index contributed by atoms with van der Waals surface area (Å²) in [5, 5.41) is 4.64. The van der Waals surface area contributed by atoms with Gasteiger partial charge in [-0.3, -0.25) is 39.6 Å². The Kier molecular flexibility index (Phi) is 3.73. The van der Waals surface area contributed by atoms with Crippen LogP contribution in [-0.4, -0.2) is 71.7 Å². The van der Waals surface area contributed by atoms with Crippen molar-refractivity contribution in [1.82, 2.24) is 20.4 Å². The molecule has 2 unspecified atom stereocenters. The second-order valence-corrected chi connectivity index (χ2v) is 5.69. The Morgan fingerprint density at radius 1 is 0.714 bits per heavy atom. The average Bonchev–Trinajstić information content (AvgIpc) is 2.83. The molecule has 0 radical (unpaired) electrons. The average molecular weight is 294 g/mol. The zero-order valence-electron chi connectivity index (χ0n) is 11.6. The molecular formula is C13H18N4O4. The normalized spacial score (nSPS) is 32.2. The molecule has 21 heavy (non-hydrogen) atoms. The maximum Gasteiger partial charge on any atom is 0.244 e. The minimum Gasteiger partial charge on any atom is -0.295 e. The van der Waals surface area contributed by atoms with Gasteiger partial charge in [-0.1, -0.05) is 0 Å². The van der Waals surface area contributed by atoms with Crippen molar-refractivity contribution in [3.05, 3.63) is 0 Å². The monoisotopic (exact) mass is 294 g/mol. The van der Waals surface area contributed by atoms with E-state index in [1.165, 1.54) is 0 Å². The molecular weight excluding hydrogens is 276 g/mol. The molecule has 8 nitrogen and oxygen atoms in total. The van der Waals surface area contributed by atoms with E-state index in [-0.39, 0.29) is 36.5 Å². The SMILES string of the molecule is O=C1CC(N2CCCN(C3CC(=O)NC3=O)CC2)C(=O)N1. The second-order valence-electron chi connectivity index (χ2n) is 5.69. The summed E-state index contributed by atoms with van der Waals surface area (Å²) in [6.07, 6.45) is 1.22. The highest BCUT2D eigenvalue weighted by atomic mass is 16.2. The minimum absolute atomic E-state index is 0.210. The Morgan fingerprint density at radius 2 is 1.14 bits per heavy atom. The highest BCUT2D eigenvalue weighted by Crippen LogP contribution is 2.17. The smallest absolute Gasteiger partial charge is 0.244 e. The Labute approximate surface area is 121 Å². The number of hydrogen-bond donors (Lipinski definition) is 2. The molecule has 0 bridgehead atoms. The number of carbonyl (C=O) groups excluding carboxylic acids is 4. The van der Waals surface area contributed by atoms with Crippen molar-refractivity contribution in [2.24, 2.45) is 0 Å². The standard InChI is InChI=1S/C13H18N4O4/c18-10-6-8(12(20)14-10)16-2-1-3-17(5-4-16)9-7-11(19)15-13(9)21/h8-9H,1-7H2,(H,14,18,20)(H,15,19,21). The third kappa shape index (κ3) is 2.81. The van der Waals surface area contributed by atoms with Gasteiger partial charge >= 0.3 is 0 Å². The highest BCUT2D eigenvalue weighted by Gasteiger charge is 2.39. The van der Waals surface area contributed by atoms with Crippen molar-refractivity contribution < 1.29 is 19.2 Å². The third-order valence-electron chi connectivity index (χ3n) is 4.33. The first-order valence-electron chi connectivity index (χ1n) is 7.20. The molecule has 2 N–H and O–H groups in total. The van der Waals surface area contributed by atoms with Gasteiger partial charge in [0.2, 0.25) is 23.6 Å². The van der Waals surface area contributed by atoms with Crippen LogP contribution in [0.2, 0.25) is 0 Å². The third-order valence-corrected chi connectivity index (χ3v) is 4.33. The van der Waals surface area contributed by atoms with E-state index in [0.29, 0.717) is 26.2 Å². The molecule has 3 saturated heterocycles. The summed E-state index contributed by atoms with van der Waals surface area (Å²) in [7, 11) is 0. The van der Waals surface area contributed by atoms with Gasteiger partial charge in [0, 0.05) is 26.2 Å². The van der Waals surface area contributed by atoms with Gasteiger partial charge in [-0.2, -0.15) is 0 Å². The molecule has 4 amide bonds. The van der Waals surface area contributed by atoms with E-state index in [9.17, 15) is 19.2 Å². The van der Waals surface area contributed by atoms with Crippen LogP contribution in [0.15, 0.2) is 0 Å². The fourth-order valence-electron chi connectivity index (χ4n) is 3.25. The number of imide groups is 2. The molecule has 3 aliphatic heterocycles. The number of amides is 4. The molecule has 3 aliphatic rings. The summed E-state index contributed by atoms with van der Waals surface area (Å²) in [6, 6.07) is -0.784. The van der Waals surface area contributed by atoms with Gasteiger partial charge in [0.05, 0.1) is 24.9 Å². The summed E-state index contributed by atoms with van der Waals surface area (Å²) in [4.78, 5) is 50.0. The highest BCUT2D eigenvalue weighted by molar-refractivity contribution is 6.06. The predicted molar refractivity (Wildman–Crippen MR) is 70.9 cm³/mol.